The number of carbonyl (C=O) groups excluding carboxylic acids is 1. The highest BCUT2D eigenvalue weighted by atomic mass is 19.4. The van der Waals surface area contributed by atoms with Crippen LogP contribution in [0.15, 0.2) is 67.1 Å². The molecule has 182 valence electrons. The van der Waals surface area contributed by atoms with Crippen LogP contribution in [0, 0.1) is 11.3 Å². The molecule has 4 aromatic rings. The Labute approximate surface area is 202 Å². The molecule has 0 fully saturated rings. The van der Waals surface area contributed by atoms with Crippen LogP contribution in [0.1, 0.15) is 21.6 Å². The zero-order chi connectivity index (χ0) is 25.9. The molecule has 9 nitrogen and oxygen atoms in total. The summed E-state index contributed by atoms with van der Waals surface area (Å²) >= 11 is 0. The number of amides is 2. The van der Waals surface area contributed by atoms with E-state index < -0.39 is 23.7 Å². The van der Waals surface area contributed by atoms with E-state index in [1.807, 2.05) is 6.07 Å². The van der Waals surface area contributed by atoms with Crippen molar-refractivity contribution in [2.75, 3.05) is 18.0 Å². The summed E-state index contributed by atoms with van der Waals surface area (Å²) < 4.78 is 40.3. The summed E-state index contributed by atoms with van der Waals surface area (Å²) in [6.07, 6.45) is -1.48. The number of carboxylic acid groups (broad SMARTS) is 1. The molecule has 2 heterocycles. The van der Waals surface area contributed by atoms with Crippen LogP contribution in [0.3, 0.4) is 0 Å². The van der Waals surface area contributed by atoms with Crippen molar-refractivity contribution >= 4 is 23.3 Å². The highest BCUT2D eigenvalue weighted by Gasteiger charge is 2.30. The molecular weight excluding hydrogens is 477 g/mol. The Kier molecular flexibility index (Phi) is 6.56. The lowest BCUT2D eigenvalue weighted by Crippen LogP contribution is -2.38. The van der Waals surface area contributed by atoms with E-state index in [-0.39, 0.29) is 18.8 Å². The number of halogens is 3. The minimum Gasteiger partial charge on any atom is -0.465 e. The average molecular weight is 494 g/mol. The molecule has 2 N–H and O–H groups in total. The molecule has 2 amide bonds. The van der Waals surface area contributed by atoms with Gasteiger partial charge in [-0.3, -0.25) is 9.20 Å². The normalized spacial score (nSPS) is 11.2. The summed E-state index contributed by atoms with van der Waals surface area (Å²) in [6.45, 7) is -0.0857. The zero-order valence-corrected chi connectivity index (χ0v) is 18.4. The molecule has 4 rings (SSSR count). The van der Waals surface area contributed by atoms with E-state index in [4.69, 9.17) is 10.4 Å². The Balaban J connectivity index is 1.69. The first-order chi connectivity index (χ1) is 17.2. The summed E-state index contributed by atoms with van der Waals surface area (Å²) in [4.78, 5) is 34.0. The number of carbonyl (C=O) groups is 2. The molecule has 2 aromatic carbocycles. The zero-order valence-electron chi connectivity index (χ0n) is 18.4. The summed E-state index contributed by atoms with van der Waals surface area (Å²) in [6, 6.07) is 12.7. The Hall–Kier alpha value is -4.92. The van der Waals surface area contributed by atoms with Crippen molar-refractivity contribution in [2.45, 2.75) is 6.18 Å². The van der Waals surface area contributed by atoms with E-state index in [9.17, 15) is 22.8 Å². The van der Waals surface area contributed by atoms with Crippen molar-refractivity contribution in [3.8, 4) is 17.3 Å². The third kappa shape index (κ3) is 5.10. The quantitative estimate of drug-likeness (QED) is 0.414. The standard InChI is InChI=1S/C24H17F3N6O3/c25-24(26,27)17-5-3-16(4-6-17)20-12-31-21-13-30-19(14-33(20)21)22(34)32(10-9-29-23(35)36)18-7-1-15(11-28)2-8-18/h1-8,12-14,29H,9-10H2,(H,35,36). The maximum absolute atomic E-state index is 13.4. The minimum atomic E-state index is -4.47. The van der Waals surface area contributed by atoms with E-state index in [1.54, 1.807) is 12.1 Å². The number of nitrogens with one attached hydrogen (secondary N) is 1. The number of aromatic nitrogens is 3. The monoisotopic (exact) mass is 494 g/mol. The van der Waals surface area contributed by atoms with Gasteiger partial charge in [-0.1, -0.05) is 12.1 Å². The Morgan fingerprint density at radius 1 is 1.06 bits per heavy atom. The molecule has 0 saturated carbocycles. The van der Waals surface area contributed by atoms with Gasteiger partial charge in [-0.2, -0.15) is 18.4 Å². The third-order valence-corrected chi connectivity index (χ3v) is 5.29. The maximum atomic E-state index is 13.4. The van der Waals surface area contributed by atoms with Gasteiger partial charge in [-0.25, -0.2) is 14.8 Å². The lowest BCUT2D eigenvalue weighted by atomic mass is 10.1. The first-order valence-electron chi connectivity index (χ1n) is 10.5. The predicted octanol–water partition coefficient (Wildman–Crippen LogP) is 4.20. The molecule has 0 saturated heterocycles. The van der Waals surface area contributed by atoms with Crippen molar-refractivity contribution in [3.63, 3.8) is 0 Å². The smallest absolute Gasteiger partial charge is 0.416 e. The van der Waals surface area contributed by atoms with Crippen LogP contribution in [-0.2, 0) is 6.18 Å². The fourth-order valence-corrected chi connectivity index (χ4v) is 3.52. The second kappa shape index (κ2) is 9.75. The van der Waals surface area contributed by atoms with E-state index >= 15 is 0 Å². The van der Waals surface area contributed by atoms with Gasteiger partial charge in [0, 0.05) is 30.5 Å². The second-order valence-corrected chi connectivity index (χ2v) is 7.57. The number of fused-ring (bicyclic) bond motifs is 1. The number of hydrogen-bond acceptors (Lipinski definition) is 5. The summed E-state index contributed by atoms with van der Waals surface area (Å²) in [5.41, 5.74) is 1.29. The number of rotatable bonds is 6. The molecule has 0 aliphatic carbocycles. The third-order valence-electron chi connectivity index (χ3n) is 5.29. The molecule has 12 heteroatoms. The molecule has 0 aliphatic heterocycles. The fraction of sp³-hybridized carbons (Fsp3) is 0.125. The lowest BCUT2D eigenvalue weighted by molar-refractivity contribution is -0.137. The van der Waals surface area contributed by atoms with E-state index in [0.717, 1.165) is 12.1 Å². The fourth-order valence-electron chi connectivity index (χ4n) is 3.52. The van der Waals surface area contributed by atoms with Crippen LogP contribution in [0.4, 0.5) is 23.7 Å². The Morgan fingerprint density at radius 3 is 2.36 bits per heavy atom. The molecule has 0 bridgehead atoms. The molecular formula is C24H17F3N6O3. The molecule has 2 aromatic heterocycles. The number of imidazole rings is 1. The first-order valence-corrected chi connectivity index (χ1v) is 10.5. The van der Waals surface area contributed by atoms with Crippen LogP contribution >= 0.6 is 0 Å². The van der Waals surface area contributed by atoms with Crippen molar-refractivity contribution in [1.29, 1.82) is 5.26 Å². The molecule has 0 radical (unpaired) electrons. The maximum Gasteiger partial charge on any atom is 0.416 e. The Morgan fingerprint density at radius 2 is 1.75 bits per heavy atom. The SMILES string of the molecule is N#Cc1ccc(N(CCNC(=O)O)C(=O)c2cn3c(-c4ccc(C(F)(F)F)cc4)cnc3cn2)cc1. The van der Waals surface area contributed by atoms with Crippen LogP contribution in [0.25, 0.3) is 16.9 Å². The molecule has 0 spiro atoms. The van der Waals surface area contributed by atoms with Crippen LogP contribution in [-0.4, -0.2) is 44.6 Å². The van der Waals surface area contributed by atoms with Gasteiger partial charge < -0.3 is 15.3 Å². The van der Waals surface area contributed by atoms with Gasteiger partial charge >= 0.3 is 12.3 Å². The number of hydrogen-bond donors (Lipinski definition) is 2. The second-order valence-electron chi connectivity index (χ2n) is 7.57. The summed E-state index contributed by atoms with van der Waals surface area (Å²) in [5, 5.41) is 20.1. The van der Waals surface area contributed by atoms with E-state index in [0.29, 0.717) is 28.2 Å². The average Bonchev–Trinajstić information content (AvgIpc) is 3.29. The van der Waals surface area contributed by atoms with Crippen molar-refractivity contribution in [2.24, 2.45) is 0 Å². The topological polar surface area (TPSA) is 124 Å². The highest BCUT2D eigenvalue weighted by molar-refractivity contribution is 6.04. The van der Waals surface area contributed by atoms with Crippen LogP contribution in [0.2, 0.25) is 0 Å². The van der Waals surface area contributed by atoms with Gasteiger partial charge in [0.15, 0.2) is 5.65 Å². The number of alkyl halides is 3. The molecule has 0 unspecified atom stereocenters. The van der Waals surface area contributed by atoms with Crippen molar-refractivity contribution in [3.05, 3.63) is 83.9 Å². The van der Waals surface area contributed by atoms with Gasteiger partial charge in [0.1, 0.15) is 5.69 Å². The molecule has 36 heavy (non-hydrogen) atoms. The molecule has 0 aliphatic rings. The van der Waals surface area contributed by atoms with Crippen molar-refractivity contribution < 1.29 is 27.9 Å². The van der Waals surface area contributed by atoms with Gasteiger partial charge in [-0.15, -0.1) is 0 Å². The van der Waals surface area contributed by atoms with E-state index in [2.05, 4.69) is 15.3 Å². The number of nitriles is 1. The first kappa shape index (κ1) is 24.2. The number of benzene rings is 2. The summed E-state index contributed by atoms with van der Waals surface area (Å²) in [5.74, 6) is -0.555. The van der Waals surface area contributed by atoms with Gasteiger partial charge in [-0.05, 0) is 36.4 Å². The predicted molar refractivity (Wildman–Crippen MR) is 122 cm³/mol. The summed E-state index contributed by atoms with van der Waals surface area (Å²) in [7, 11) is 0. The van der Waals surface area contributed by atoms with Gasteiger partial charge in [0.25, 0.3) is 5.91 Å². The largest absolute Gasteiger partial charge is 0.465 e. The van der Waals surface area contributed by atoms with Crippen LogP contribution < -0.4 is 10.2 Å². The lowest BCUT2D eigenvalue weighted by Gasteiger charge is -2.22. The Bertz CT molecular complexity index is 1460. The van der Waals surface area contributed by atoms with Crippen LogP contribution in [0.5, 0.6) is 0 Å². The molecule has 0 atom stereocenters. The van der Waals surface area contributed by atoms with Gasteiger partial charge in [0.2, 0.25) is 0 Å². The highest BCUT2D eigenvalue weighted by Crippen LogP contribution is 2.31. The van der Waals surface area contributed by atoms with E-state index in [1.165, 1.54) is 52.2 Å². The van der Waals surface area contributed by atoms with Gasteiger partial charge in [0.05, 0.1) is 35.3 Å². The number of nitrogens with zero attached hydrogens (tertiary/aromatic N) is 5. The minimum absolute atomic E-state index is 0.00616. The van der Waals surface area contributed by atoms with Crippen molar-refractivity contribution in [1.82, 2.24) is 19.7 Å². The number of anilines is 1.